The second-order valence-electron chi connectivity index (χ2n) is 2.72. The molecule has 0 atom stereocenters. The van der Waals surface area contributed by atoms with E-state index in [2.05, 4.69) is 9.47 Å². The van der Waals surface area contributed by atoms with E-state index in [1.165, 1.54) is 18.7 Å². The number of rotatable bonds is 4. The first-order chi connectivity index (χ1) is 7.19. The summed E-state index contributed by atoms with van der Waals surface area (Å²) in [5.41, 5.74) is 0. The molecule has 16 heavy (non-hydrogen) atoms. The SMILES string of the molecule is CC(=O)OCS(C)(=O)=O.CSCOC(C)=O. The Hall–Kier alpha value is -0.760. The van der Waals surface area contributed by atoms with Crippen molar-refractivity contribution in [3.63, 3.8) is 0 Å². The average Bonchev–Trinajstić information content (AvgIpc) is 2.11. The van der Waals surface area contributed by atoms with E-state index >= 15 is 0 Å². The quantitative estimate of drug-likeness (QED) is 0.541. The van der Waals surface area contributed by atoms with Crippen molar-refractivity contribution in [1.29, 1.82) is 0 Å². The van der Waals surface area contributed by atoms with Crippen molar-refractivity contribution in [2.24, 2.45) is 0 Å². The van der Waals surface area contributed by atoms with Crippen LogP contribution in [-0.2, 0) is 28.9 Å². The molecule has 0 amide bonds. The van der Waals surface area contributed by atoms with Gasteiger partial charge < -0.3 is 9.47 Å². The van der Waals surface area contributed by atoms with Gasteiger partial charge in [0.05, 0.1) is 0 Å². The molecule has 0 aliphatic heterocycles. The van der Waals surface area contributed by atoms with Gasteiger partial charge in [0.15, 0.2) is 15.8 Å². The van der Waals surface area contributed by atoms with Crippen LogP contribution in [-0.4, -0.2) is 44.7 Å². The van der Waals surface area contributed by atoms with E-state index in [1.807, 2.05) is 6.26 Å². The summed E-state index contributed by atoms with van der Waals surface area (Å²) in [6.45, 7) is 2.56. The number of thioether (sulfide) groups is 1. The van der Waals surface area contributed by atoms with E-state index in [-0.39, 0.29) is 5.97 Å². The van der Waals surface area contributed by atoms with Crippen LogP contribution in [0.15, 0.2) is 0 Å². The number of carbonyl (C=O) groups is 2. The van der Waals surface area contributed by atoms with Crippen LogP contribution in [0.2, 0.25) is 0 Å². The highest BCUT2D eigenvalue weighted by atomic mass is 32.2. The van der Waals surface area contributed by atoms with Crippen LogP contribution in [0.5, 0.6) is 0 Å². The van der Waals surface area contributed by atoms with Gasteiger partial charge >= 0.3 is 11.9 Å². The van der Waals surface area contributed by atoms with Crippen molar-refractivity contribution in [2.75, 3.05) is 24.4 Å². The molecule has 0 radical (unpaired) electrons. The first-order valence-corrected chi connectivity index (χ1v) is 7.58. The molecule has 0 aromatic carbocycles. The smallest absolute Gasteiger partial charge is 0.303 e. The molecule has 0 unspecified atom stereocenters. The van der Waals surface area contributed by atoms with Crippen LogP contribution in [0.25, 0.3) is 0 Å². The lowest BCUT2D eigenvalue weighted by Crippen LogP contribution is -2.09. The van der Waals surface area contributed by atoms with E-state index in [4.69, 9.17) is 0 Å². The Morgan fingerprint density at radius 2 is 1.56 bits per heavy atom. The first kappa shape index (κ1) is 17.6. The van der Waals surface area contributed by atoms with E-state index in [1.54, 1.807) is 0 Å². The van der Waals surface area contributed by atoms with Gasteiger partial charge in [0.2, 0.25) is 0 Å². The molecule has 0 fully saturated rings. The van der Waals surface area contributed by atoms with Crippen LogP contribution >= 0.6 is 11.8 Å². The van der Waals surface area contributed by atoms with Crippen LogP contribution < -0.4 is 0 Å². The highest BCUT2D eigenvalue weighted by Gasteiger charge is 2.02. The van der Waals surface area contributed by atoms with Gasteiger partial charge in [-0.15, -0.1) is 11.8 Å². The Kier molecular flexibility index (Phi) is 10.4. The second-order valence-corrected chi connectivity index (χ2v) is 5.62. The third kappa shape index (κ3) is 23.2. The molecule has 96 valence electrons. The van der Waals surface area contributed by atoms with Gasteiger partial charge in [0, 0.05) is 20.1 Å². The van der Waals surface area contributed by atoms with Gasteiger partial charge in [-0.05, 0) is 6.26 Å². The molecule has 0 N–H and O–H groups in total. The maximum absolute atomic E-state index is 10.3. The van der Waals surface area contributed by atoms with Gasteiger partial charge in [-0.2, -0.15) is 0 Å². The third-order valence-electron chi connectivity index (χ3n) is 0.856. The molecule has 0 aliphatic rings. The van der Waals surface area contributed by atoms with E-state index in [9.17, 15) is 18.0 Å². The summed E-state index contributed by atoms with van der Waals surface area (Å²) in [7, 11) is -3.16. The fourth-order valence-corrected chi connectivity index (χ4v) is 0.996. The third-order valence-corrected chi connectivity index (χ3v) is 1.76. The molecule has 6 nitrogen and oxygen atoms in total. The zero-order chi connectivity index (χ0) is 13.2. The monoisotopic (exact) mass is 272 g/mol. The lowest BCUT2D eigenvalue weighted by molar-refractivity contribution is -0.139. The van der Waals surface area contributed by atoms with E-state index in [0.29, 0.717) is 5.94 Å². The van der Waals surface area contributed by atoms with Crippen LogP contribution in [0.4, 0.5) is 0 Å². The maximum atomic E-state index is 10.3. The highest BCUT2D eigenvalue weighted by molar-refractivity contribution is 7.98. The van der Waals surface area contributed by atoms with Crippen LogP contribution in [0.1, 0.15) is 13.8 Å². The molecule has 0 saturated carbocycles. The van der Waals surface area contributed by atoms with Crippen molar-refractivity contribution >= 4 is 33.5 Å². The Labute approximate surface area is 99.6 Å². The molecule has 8 heteroatoms. The Morgan fingerprint density at radius 3 is 1.69 bits per heavy atom. The lowest BCUT2D eigenvalue weighted by atomic mass is 10.8. The molecule has 0 aromatic heterocycles. The van der Waals surface area contributed by atoms with Crippen molar-refractivity contribution in [3.05, 3.63) is 0 Å². The second kappa shape index (κ2) is 9.46. The number of sulfone groups is 1. The summed E-state index contributed by atoms with van der Waals surface area (Å²) < 4.78 is 29.2. The molecule has 0 rings (SSSR count). The Bertz CT molecular complexity index is 308. The fourth-order valence-electron chi connectivity index (χ4n) is 0.332. The summed E-state index contributed by atoms with van der Waals surface area (Å²) in [5.74, 6) is -0.854. The fraction of sp³-hybridized carbons (Fsp3) is 0.750. The Morgan fingerprint density at radius 1 is 1.12 bits per heavy atom. The molecule has 0 bridgehead atoms. The number of hydrogen-bond acceptors (Lipinski definition) is 7. The number of carbonyl (C=O) groups excluding carboxylic acids is 2. The van der Waals surface area contributed by atoms with E-state index in [0.717, 1.165) is 13.2 Å². The topological polar surface area (TPSA) is 86.7 Å². The minimum absolute atomic E-state index is 0.214. The van der Waals surface area contributed by atoms with Gasteiger partial charge in [-0.25, -0.2) is 8.42 Å². The summed E-state index contributed by atoms with van der Waals surface area (Å²) in [6.07, 6.45) is 2.87. The largest absolute Gasteiger partial charge is 0.455 e. The van der Waals surface area contributed by atoms with E-state index < -0.39 is 21.7 Å². The lowest BCUT2D eigenvalue weighted by Gasteiger charge is -1.96. The highest BCUT2D eigenvalue weighted by Crippen LogP contribution is 1.90. The average molecular weight is 272 g/mol. The number of hydrogen-bond donors (Lipinski definition) is 0. The van der Waals surface area contributed by atoms with Crippen molar-refractivity contribution in [3.8, 4) is 0 Å². The van der Waals surface area contributed by atoms with Gasteiger partial charge in [-0.3, -0.25) is 9.59 Å². The molecule has 0 spiro atoms. The summed E-state index contributed by atoms with van der Waals surface area (Å²) in [4.78, 5) is 20.0. The van der Waals surface area contributed by atoms with Gasteiger partial charge in [0.25, 0.3) is 0 Å². The molecule has 0 heterocycles. The molecule has 0 saturated heterocycles. The number of esters is 2. The Balaban J connectivity index is 0. The zero-order valence-electron chi connectivity index (χ0n) is 9.68. The van der Waals surface area contributed by atoms with Crippen LogP contribution in [0.3, 0.4) is 0 Å². The summed E-state index contributed by atoms with van der Waals surface area (Å²) in [5, 5.41) is 0. The molecular formula is C8H16O6S2. The van der Waals surface area contributed by atoms with Crippen LogP contribution in [0, 0.1) is 0 Å². The maximum Gasteiger partial charge on any atom is 0.303 e. The van der Waals surface area contributed by atoms with Crippen molar-refractivity contribution < 1.29 is 27.5 Å². The molecule has 0 aromatic rings. The summed E-state index contributed by atoms with van der Waals surface area (Å²) in [6, 6.07) is 0. The van der Waals surface area contributed by atoms with Crippen molar-refractivity contribution in [2.45, 2.75) is 13.8 Å². The number of ether oxygens (including phenoxy) is 2. The normalized spacial score (nSPS) is 9.75. The van der Waals surface area contributed by atoms with Crippen molar-refractivity contribution in [1.82, 2.24) is 0 Å². The molecule has 0 aliphatic carbocycles. The predicted octanol–water partition coefficient (Wildman–Crippen LogP) is 0.422. The predicted molar refractivity (Wildman–Crippen MR) is 61.6 cm³/mol. The van der Waals surface area contributed by atoms with Gasteiger partial charge in [0.1, 0.15) is 5.94 Å². The molecular weight excluding hydrogens is 256 g/mol. The first-order valence-electron chi connectivity index (χ1n) is 4.12. The minimum Gasteiger partial charge on any atom is -0.455 e. The zero-order valence-corrected chi connectivity index (χ0v) is 11.3. The standard InChI is InChI=1S/C4H8O4S.C4H8O2S/c1-4(5)8-3-9(2,6)7;1-4(5)6-3-7-2/h3H2,1-2H3;3H2,1-2H3. The summed E-state index contributed by atoms with van der Waals surface area (Å²) >= 11 is 1.49. The van der Waals surface area contributed by atoms with Gasteiger partial charge in [-0.1, -0.05) is 0 Å². The minimum atomic E-state index is -3.16.